The van der Waals surface area contributed by atoms with Crippen LogP contribution in [0.1, 0.15) is 11.1 Å². The second kappa shape index (κ2) is 5.96. The third kappa shape index (κ3) is 3.21. The first-order chi connectivity index (χ1) is 9.44. The van der Waals surface area contributed by atoms with Gasteiger partial charge in [0, 0.05) is 6.54 Å². The Morgan fingerprint density at radius 1 is 1.25 bits per heavy atom. The monoisotopic (exact) mass is 319 g/mol. The summed E-state index contributed by atoms with van der Waals surface area (Å²) in [7, 11) is -4.19. The maximum Gasteiger partial charge on any atom is 0.243 e. The normalized spacial score (nSPS) is 11.8. The van der Waals surface area contributed by atoms with Gasteiger partial charge in [-0.2, -0.15) is 11.3 Å². The summed E-state index contributed by atoms with van der Waals surface area (Å²) in [5, 5.41) is 12.4. The topological polar surface area (TPSA) is 66.4 Å². The van der Waals surface area contributed by atoms with Crippen molar-refractivity contribution in [2.75, 3.05) is 0 Å². The molecule has 2 N–H and O–H groups in total. The van der Waals surface area contributed by atoms with Crippen molar-refractivity contribution in [1.29, 1.82) is 0 Å². The van der Waals surface area contributed by atoms with E-state index in [0.717, 1.165) is 17.7 Å². The van der Waals surface area contributed by atoms with Crippen molar-refractivity contribution < 1.29 is 22.3 Å². The van der Waals surface area contributed by atoms with Gasteiger partial charge in [0.25, 0.3) is 0 Å². The van der Waals surface area contributed by atoms with E-state index < -0.39 is 33.2 Å². The van der Waals surface area contributed by atoms with E-state index in [4.69, 9.17) is 5.11 Å². The van der Waals surface area contributed by atoms with Gasteiger partial charge in [-0.25, -0.2) is 21.9 Å². The largest absolute Gasteiger partial charge is 0.392 e. The van der Waals surface area contributed by atoms with Gasteiger partial charge in [0.05, 0.1) is 6.61 Å². The molecule has 8 heteroatoms. The molecule has 1 aromatic carbocycles. The van der Waals surface area contributed by atoms with Gasteiger partial charge in [-0.1, -0.05) is 0 Å². The van der Waals surface area contributed by atoms with Crippen molar-refractivity contribution >= 4 is 21.4 Å². The van der Waals surface area contributed by atoms with E-state index in [0.29, 0.717) is 0 Å². The number of aliphatic hydroxyl groups is 1. The number of hydrogen-bond acceptors (Lipinski definition) is 4. The van der Waals surface area contributed by atoms with Crippen LogP contribution in [-0.4, -0.2) is 13.5 Å². The minimum Gasteiger partial charge on any atom is -0.392 e. The van der Waals surface area contributed by atoms with Crippen molar-refractivity contribution in [2.24, 2.45) is 0 Å². The number of nitrogens with one attached hydrogen (secondary N) is 1. The third-order valence-electron chi connectivity index (χ3n) is 2.57. The average Bonchev–Trinajstić information content (AvgIpc) is 2.92. The maximum atomic E-state index is 13.6. The lowest BCUT2D eigenvalue weighted by molar-refractivity contribution is 0.280. The summed E-state index contributed by atoms with van der Waals surface area (Å²) in [6, 6.07) is 3.38. The molecule has 0 saturated heterocycles. The average molecular weight is 319 g/mol. The van der Waals surface area contributed by atoms with Crippen LogP contribution in [0, 0.1) is 11.6 Å². The van der Waals surface area contributed by atoms with Crippen molar-refractivity contribution in [1.82, 2.24) is 4.72 Å². The van der Waals surface area contributed by atoms with Crippen LogP contribution in [0.25, 0.3) is 0 Å². The standard InChI is InChI=1S/C12H11F2NO3S2/c13-10-3-9(6-16)4-11(12(10)14)20(17,18)15-5-8-1-2-19-7-8/h1-4,7,15-16H,5-6H2. The lowest BCUT2D eigenvalue weighted by atomic mass is 10.2. The lowest BCUT2D eigenvalue weighted by Crippen LogP contribution is -2.24. The summed E-state index contributed by atoms with van der Waals surface area (Å²) in [5.41, 5.74) is 0.706. The molecular formula is C12H11F2NO3S2. The van der Waals surface area contributed by atoms with Crippen LogP contribution >= 0.6 is 11.3 Å². The van der Waals surface area contributed by atoms with Gasteiger partial charge >= 0.3 is 0 Å². The molecule has 0 bridgehead atoms. The highest BCUT2D eigenvalue weighted by Gasteiger charge is 2.22. The smallest absolute Gasteiger partial charge is 0.243 e. The first-order valence-corrected chi connectivity index (χ1v) is 7.96. The van der Waals surface area contributed by atoms with E-state index in [1.165, 1.54) is 11.3 Å². The molecule has 0 fully saturated rings. The Kier molecular flexibility index (Phi) is 4.48. The lowest BCUT2D eigenvalue weighted by Gasteiger charge is -2.09. The van der Waals surface area contributed by atoms with Gasteiger partial charge in [-0.15, -0.1) is 0 Å². The highest BCUT2D eigenvalue weighted by atomic mass is 32.2. The molecule has 0 unspecified atom stereocenters. The van der Waals surface area contributed by atoms with E-state index in [1.807, 2.05) is 0 Å². The molecule has 0 saturated carbocycles. The zero-order chi connectivity index (χ0) is 14.8. The summed E-state index contributed by atoms with van der Waals surface area (Å²) in [6.45, 7) is -0.597. The minimum absolute atomic E-state index is 0.0141. The highest BCUT2D eigenvalue weighted by Crippen LogP contribution is 2.20. The zero-order valence-electron chi connectivity index (χ0n) is 10.1. The predicted molar refractivity (Wildman–Crippen MR) is 70.6 cm³/mol. The van der Waals surface area contributed by atoms with Crippen molar-refractivity contribution in [3.05, 3.63) is 51.7 Å². The van der Waals surface area contributed by atoms with Crippen LogP contribution in [0.3, 0.4) is 0 Å². The van der Waals surface area contributed by atoms with Crippen LogP contribution in [0.15, 0.2) is 33.9 Å². The fraction of sp³-hybridized carbons (Fsp3) is 0.167. The van der Waals surface area contributed by atoms with Crippen molar-refractivity contribution in [3.63, 3.8) is 0 Å². The number of sulfonamides is 1. The summed E-state index contributed by atoms with van der Waals surface area (Å²) in [5.74, 6) is -2.77. The number of halogens is 2. The van der Waals surface area contributed by atoms with Crippen LogP contribution in [0.5, 0.6) is 0 Å². The van der Waals surface area contributed by atoms with E-state index in [9.17, 15) is 17.2 Å². The molecule has 108 valence electrons. The number of thiophene rings is 1. The maximum absolute atomic E-state index is 13.6. The van der Waals surface area contributed by atoms with Gasteiger partial charge in [0.15, 0.2) is 11.6 Å². The fourth-order valence-electron chi connectivity index (χ4n) is 1.55. The van der Waals surface area contributed by atoms with Crippen LogP contribution in [0.2, 0.25) is 0 Å². The molecular weight excluding hydrogens is 308 g/mol. The Bertz CT molecular complexity index is 700. The summed E-state index contributed by atoms with van der Waals surface area (Å²) in [6.07, 6.45) is 0. The summed E-state index contributed by atoms with van der Waals surface area (Å²) >= 11 is 1.40. The van der Waals surface area contributed by atoms with Crippen LogP contribution in [-0.2, 0) is 23.2 Å². The Morgan fingerprint density at radius 2 is 2.00 bits per heavy atom. The molecule has 0 aliphatic heterocycles. The summed E-state index contributed by atoms with van der Waals surface area (Å²) in [4.78, 5) is -0.809. The first kappa shape index (κ1) is 15.0. The number of rotatable bonds is 5. The molecule has 0 amide bonds. The van der Waals surface area contributed by atoms with E-state index >= 15 is 0 Å². The van der Waals surface area contributed by atoms with Gasteiger partial charge in [0.1, 0.15) is 4.90 Å². The second-order valence-corrected chi connectivity index (χ2v) is 6.52. The number of aliphatic hydroxyl groups excluding tert-OH is 1. The number of hydrogen-bond donors (Lipinski definition) is 2. The fourth-order valence-corrected chi connectivity index (χ4v) is 3.37. The zero-order valence-corrected chi connectivity index (χ0v) is 11.8. The van der Waals surface area contributed by atoms with Gasteiger partial charge in [0.2, 0.25) is 10.0 Å². The Balaban J connectivity index is 2.31. The Morgan fingerprint density at radius 3 is 2.60 bits per heavy atom. The van der Waals surface area contributed by atoms with E-state index in [1.54, 1.807) is 16.8 Å². The molecule has 4 nitrogen and oxygen atoms in total. The molecule has 1 aromatic heterocycles. The van der Waals surface area contributed by atoms with E-state index in [-0.39, 0.29) is 12.1 Å². The minimum atomic E-state index is -4.19. The molecule has 20 heavy (non-hydrogen) atoms. The van der Waals surface area contributed by atoms with Crippen molar-refractivity contribution in [2.45, 2.75) is 18.0 Å². The molecule has 0 aliphatic rings. The SMILES string of the molecule is O=S(=O)(NCc1ccsc1)c1cc(CO)cc(F)c1F. The van der Waals surface area contributed by atoms with Gasteiger partial charge < -0.3 is 5.11 Å². The van der Waals surface area contributed by atoms with Gasteiger partial charge in [-0.3, -0.25) is 0 Å². The second-order valence-electron chi connectivity index (χ2n) is 4.00. The Hall–Kier alpha value is -1.35. The van der Waals surface area contributed by atoms with Crippen LogP contribution in [0.4, 0.5) is 8.78 Å². The molecule has 0 aliphatic carbocycles. The Labute approximate surface area is 118 Å². The first-order valence-electron chi connectivity index (χ1n) is 5.53. The molecule has 0 atom stereocenters. The quantitative estimate of drug-likeness (QED) is 0.886. The molecule has 1 heterocycles. The molecule has 0 spiro atoms. The summed E-state index contributed by atoms with van der Waals surface area (Å²) < 4.78 is 53.0. The molecule has 2 aromatic rings. The highest BCUT2D eigenvalue weighted by molar-refractivity contribution is 7.89. The van der Waals surface area contributed by atoms with E-state index in [2.05, 4.69) is 4.72 Å². The number of benzene rings is 1. The molecule has 0 radical (unpaired) electrons. The van der Waals surface area contributed by atoms with Gasteiger partial charge in [-0.05, 0) is 40.1 Å². The third-order valence-corrected chi connectivity index (χ3v) is 4.71. The predicted octanol–water partition coefficient (Wildman–Crippen LogP) is 2.00. The molecule has 2 rings (SSSR count). The van der Waals surface area contributed by atoms with Crippen LogP contribution < -0.4 is 4.72 Å². The van der Waals surface area contributed by atoms with Crippen molar-refractivity contribution in [3.8, 4) is 0 Å².